The molecular weight excluding hydrogens is 206 g/mol. The largest absolute Gasteiger partial charge is 0.352 e. The molecule has 2 N–H and O–H groups in total. The highest BCUT2D eigenvalue weighted by molar-refractivity contribution is 5.93. The molecule has 1 aromatic rings. The minimum absolute atomic E-state index is 0.0642. The number of carbonyl (C=O) groups is 1. The molecule has 1 heterocycles. The van der Waals surface area contributed by atoms with Crippen LogP contribution in [-0.2, 0) is 0 Å². The van der Waals surface area contributed by atoms with Gasteiger partial charge in [0.05, 0.1) is 0 Å². The zero-order valence-corrected chi connectivity index (χ0v) is 9.83. The molecule has 0 unspecified atom stereocenters. The fourth-order valence-electron chi connectivity index (χ4n) is 1.22. The van der Waals surface area contributed by atoms with E-state index < -0.39 is 5.56 Å². The second-order valence-corrected chi connectivity index (χ2v) is 4.15. The van der Waals surface area contributed by atoms with E-state index >= 15 is 0 Å². The molecule has 1 amide bonds. The van der Waals surface area contributed by atoms with Gasteiger partial charge in [0.1, 0.15) is 11.4 Å². The molecule has 5 nitrogen and oxygen atoms in total. The number of hydrogen-bond donors (Lipinski definition) is 2. The minimum atomic E-state index is -0.394. The monoisotopic (exact) mass is 223 g/mol. The van der Waals surface area contributed by atoms with E-state index in [1.54, 1.807) is 6.92 Å². The van der Waals surface area contributed by atoms with Gasteiger partial charge in [-0.15, -0.1) is 0 Å². The van der Waals surface area contributed by atoms with Gasteiger partial charge in [-0.25, -0.2) is 4.98 Å². The first-order valence-corrected chi connectivity index (χ1v) is 5.35. The Labute approximate surface area is 94.3 Å². The molecule has 0 aliphatic rings. The van der Waals surface area contributed by atoms with Crippen molar-refractivity contribution in [3.05, 3.63) is 27.9 Å². The van der Waals surface area contributed by atoms with Gasteiger partial charge in [0, 0.05) is 12.7 Å². The Balaban J connectivity index is 2.63. The van der Waals surface area contributed by atoms with E-state index in [1.165, 1.54) is 6.20 Å². The highest BCUT2D eigenvalue weighted by Gasteiger charge is 2.10. The van der Waals surface area contributed by atoms with Crippen LogP contribution in [0.2, 0.25) is 0 Å². The number of H-pyrrole nitrogens is 1. The summed E-state index contributed by atoms with van der Waals surface area (Å²) in [7, 11) is 0. The van der Waals surface area contributed by atoms with Gasteiger partial charge in [0.25, 0.3) is 11.5 Å². The van der Waals surface area contributed by atoms with Gasteiger partial charge in [-0.3, -0.25) is 9.59 Å². The molecular formula is C11H17N3O2. The lowest BCUT2D eigenvalue weighted by molar-refractivity contribution is 0.0950. The van der Waals surface area contributed by atoms with E-state index in [0.29, 0.717) is 18.3 Å². The normalized spacial score (nSPS) is 10.5. The average Bonchev–Trinajstić information content (AvgIpc) is 2.16. The molecule has 0 aromatic carbocycles. The van der Waals surface area contributed by atoms with Crippen molar-refractivity contribution < 1.29 is 4.79 Å². The second-order valence-electron chi connectivity index (χ2n) is 4.15. The van der Waals surface area contributed by atoms with E-state index in [4.69, 9.17) is 0 Å². The van der Waals surface area contributed by atoms with E-state index in [0.717, 1.165) is 6.42 Å². The maximum atomic E-state index is 11.6. The number of hydrogen-bond acceptors (Lipinski definition) is 3. The van der Waals surface area contributed by atoms with Crippen molar-refractivity contribution in [3.63, 3.8) is 0 Å². The molecule has 0 radical (unpaired) electrons. The smallest absolute Gasteiger partial charge is 0.263 e. The van der Waals surface area contributed by atoms with Crippen LogP contribution in [0.15, 0.2) is 11.0 Å². The average molecular weight is 223 g/mol. The van der Waals surface area contributed by atoms with Crippen LogP contribution in [-0.4, -0.2) is 22.4 Å². The number of aryl methyl sites for hydroxylation is 1. The summed E-state index contributed by atoms with van der Waals surface area (Å²) in [6.07, 6.45) is 2.20. The van der Waals surface area contributed by atoms with Crippen molar-refractivity contribution in [2.75, 3.05) is 6.54 Å². The number of amides is 1. The molecule has 1 aromatic heterocycles. The summed E-state index contributed by atoms with van der Waals surface area (Å²) >= 11 is 0. The molecule has 0 fully saturated rings. The van der Waals surface area contributed by atoms with Crippen molar-refractivity contribution in [3.8, 4) is 0 Å². The van der Waals surface area contributed by atoms with Crippen LogP contribution in [0.25, 0.3) is 0 Å². The fourth-order valence-corrected chi connectivity index (χ4v) is 1.22. The van der Waals surface area contributed by atoms with Gasteiger partial charge in [-0.1, -0.05) is 13.8 Å². The third kappa shape index (κ3) is 3.49. The Kier molecular flexibility index (Phi) is 4.22. The maximum Gasteiger partial charge on any atom is 0.263 e. The summed E-state index contributed by atoms with van der Waals surface area (Å²) < 4.78 is 0. The first kappa shape index (κ1) is 12.4. The van der Waals surface area contributed by atoms with Crippen molar-refractivity contribution in [1.82, 2.24) is 15.3 Å². The van der Waals surface area contributed by atoms with Crippen LogP contribution in [0.4, 0.5) is 0 Å². The highest BCUT2D eigenvalue weighted by Crippen LogP contribution is 1.97. The molecule has 0 aliphatic carbocycles. The van der Waals surface area contributed by atoms with E-state index in [9.17, 15) is 9.59 Å². The summed E-state index contributed by atoms with van der Waals surface area (Å²) in [4.78, 5) is 29.4. The molecule has 0 aliphatic heterocycles. The molecule has 0 saturated heterocycles. The Morgan fingerprint density at radius 1 is 1.56 bits per heavy atom. The standard InChI is InChI=1S/C11H17N3O2/c1-7(2)4-5-12-10(15)9-6-13-8(3)14-11(9)16/h6-7H,4-5H2,1-3H3,(H,12,15)(H,13,14,16). The van der Waals surface area contributed by atoms with Crippen LogP contribution in [0.3, 0.4) is 0 Å². The minimum Gasteiger partial charge on any atom is -0.352 e. The van der Waals surface area contributed by atoms with Crippen molar-refractivity contribution in [1.29, 1.82) is 0 Å². The summed E-state index contributed by atoms with van der Waals surface area (Å²) in [5.41, 5.74) is -0.330. The summed E-state index contributed by atoms with van der Waals surface area (Å²) in [6.45, 7) is 6.39. The third-order valence-corrected chi connectivity index (χ3v) is 2.18. The van der Waals surface area contributed by atoms with Crippen LogP contribution >= 0.6 is 0 Å². The van der Waals surface area contributed by atoms with Gasteiger partial charge >= 0.3 is 0 Å². The lowest BCUT2D eigenvalue weighted by Crippen LogP contribution is -2.31. The maximum absolute atomic E-state index is 11.6. The summed E-state index contributed by atoms with van der Waals surface area (Å²) in [5.74, 6) is 0.660. The molecule has 5 heteroatoms. The predicted octanol–water partition coefficient (Wildman–Crippen LogP) is 0.854. The first-order chi connectivity index (χ1) is 7.50. The van der Waals surface area contributed by atoms with Crippen molar-refractivity contribution >= 4 is 5.91 Å². The SMILES string of the molecule is Cc1ncc(C(=O)NCCC(C)C)c(=O)[nH]1. The number of aromatic amines is 1. The molecule has 88 valence electrons. The topological polar surface area (TPSA) is 74.8 Å². The number of nitrogens with one attached hydrogen (secondary N) is 2. The number of carbonyl (C=O) groups excluding carboxylic acids is 1. The van der Waals surface area contributed by atoms with Gasteiger partial charge < -0.3 is 10.3 Å². The van der Waals surface area contributed by atoms with Gasteiger partial charge in [0.15, 0.2) is 0 Å². The van der Waals surface area contributed by atoms with Gasteiger partial charge in [-0.05, 0) is 19.3 Å². The zero-order valence-electron chi connectivity index (χ0n) is 9.83. The number of rotatable bonds is 4. The van der Waals surface area contributed by atoms with E-state index in [1.807, 2.05) is 0 Å². The fraction of sp³-hybridized carbons (Fsp3) is 0.545. The third-order valence-electron chi connectivity index (χ3n) is 2.18. The Morgan fingerprint density at radius 2 is 2.25 bits per heavy atom. The molecule has 16 heavy (non-hydrogen) atoms. The predicted molar refractivity (Wildman–Crippen MR) is 61.4 cm³/mol. The first-order valence-electron chi connectivity index (χ1n) is 5.35. The Morgan fingerprint density at radius 3 is 2.81 bits per heavy atom. The Hall–Kier alpha value is -1.65. The number of aromatic nitrogens is 2. The molecule has 0 bridgehead atoms. The quantitative estimate of drug-likeness (QED) is 0.794. The lowest BCUT2D eigenvalue weighted by atomic mass is 10.1. The van der Waals surface area contributed by atoms with E-state index in [-0.39, 0.29) is 11.5 Å². The number of nitrogens with zero attached hydrogens (tertiary/aromatic N) is 1. The van der Waals surface area contributed by atoms with Gasteiger partial charge in [0.2, 0.25) is 0 Å². The van der Waals surface area contributed by atoms with E-state index in [2.05, 4.69) is 29.1 Å². The van der Waals surface area contributed by atoms with Crippen LogP contribution in [0.1, 0.15) is 36.5 Å². The molecule has 0 atom stereocenters. The summed E-state index contributed by atoms with van der Waals surface area (Å²) in [6, 6.07) is 0. The zero-order chi connectivity index (χ0) is 12.1. The van der Waals surface area contributed by atoms with Crippen LogP contribution < -0.4 is 10.9 Å². The highest BCUT2D eigenvalue weighted by atomic mass is 16.2. The van der Waals surface area contributed by atoms with Crippen molar-refractivity contribution in [2.45, 2.75) is 27.2 Å². The van der Waals surface area contributed by atoms with Crippen LogP contribution in [0, 0.1) is 12.8 Å². The molecule has 0 spiro atoms. The second kappa shape index (κ2) is 5.44. The van der Waals surface area contributed by atoms with Crippen LogP contribution in [0.5, 0.6) is 0 Å². The summed E-state index contributed by atoms with van der Waals surface area (Å²) in [5, 5.41) is 2.69. The molecule has 1 rings (SSSR count). The lowest BCUT2D eigenvalue weighted by Gasteiger charge is -2.06. The van der Waals surface area contributed by atoms with Crippen molar-refractivity contribution in [2.24, 2.45) is 5.92 Å². The Bertz CT molecular complexity index is 423. The molecule has 0 saturated carbocycles. The van der Waals surface area contributed by atoms with Gasteiger partial charge in [-0.2, -0.15) is 0 Å².